The van der Waals surface area contributed by atoms with Crippen molar-refractivity contribution in [2.75, 3.05) is 6.54 Å². The molecule has 0 saturated carbocycles. The van der Waals surface area contributed by atoms with Gasteiger partial charge in [-0.3, -0.25) is 14.5 Å². The molecule has 0 bridgehead atoms. The van der Waals surface area contributed by atoms with Gasteiger partial charge in [-0.2, -0.15) is 4.98 Å². The molecule has 1 aromatic heterocycles. The highest BCUT2D eigenvalue weighted by Gasteiger charge is 2.73. The van der Waals surface area contributed by atoms with Gasteiger partial charge in [0.15, 0.2) is 11.9 Å². The van der Waals surface area contributed by atoms with Crippen molar-refractivity contribution in [1.29, 1.82) is 0 Å². The molecule has 182 valence electrons. The Morgan fingerprint density at radius 1 is 1.27 bits per heavy atom. The van der Waals surface area contributed by atoms with Crippen LogP contribution in [0, 0.1) is 5.41 Å². The average molecular weight is 464 g/mol. The molecule has 0 radical (unpaired) electrons. The first-order valence-corrected chi connectivity index (χ1v) is 11.3. The molecule has 3 amide bonds. The van der Waals surface area contributed by atoms with Crippen LogP contribution in [-0.4, -0.2) is 83.3 Å². The highest BCUT2D eigenvalue weighted by atomic mass is 16.6. The Kier molecular flexibility index (Phi) is 5.09. The smallest absolute Gasteiger partial charge is 0.410 e. The number of β-lactam (4-membered cyclic amide) rings is 1. The lowest BCUT2D eigenvalue weighted by molar-refractivity contribution is -0.185. The summed E-state index contributed by atoms with van der Waals surface area (Å²) < 4.78 is 11.1. The molecule has 0 aromatic carbocycles. The minimum absolute atomic E-state index is 0.169. The van der Waals surface area contributed by atoms with Gasteiger partial charge in [0.05, 0.1) is 12.1 Å². The number of ether oxygens (including phenoxy) is 1. The topological polar surface area (TPSA) is 129 Å². The van der Waals surface area contributed by atoms with Gasteiger partial charge in [0.1, 0.15) is 17.8 Å². The molecule has 1 aromatic rings. The Balaban J connectivity index is 1.75. The normalized spacial score (nSPS) is 33.7. The maximum atomic E-state index is 14.5. The van der Waals surface area contributed by atoms with Crippen molar-refractivity contribution in [2.24, 2.45) is 5.41 Å². The van der Waals surface area contributed by atoms with E-state index in [-0.39, 0.29) is 24.4 Å². The number of carboxylic acid groups (broad SMARTS) is 1. The molecule has 11 heteroatoms. The van der Waals surface area contributed by atoms with Gasteiger partial charge >= 0.3 is 6.09 Å². The second kappa shape index (κ2) is 7.15. The molecule has 3 aliphatic heterocycles. The lowest BCUT2D eigenvalue weighted by Gasteiger charge is -2.59. The number of nitrogens with zero attached hydrogens (tertiary/aromatic N) is 5. The summed E-state index contributed by atoms with van der Waals surface area (Å²) >= 11 is 0. The number of amides is 3. The molecule has 2 unspecified atom stereocenters. The summed E-state index contributed by atoms with van der Waals surface area (Å²) in [7, 11) is 0. The van der Waals surface area contributed by atoms with Crippen LogP contribution >= 0.6 is 0 Å². The van der Waals surface area contributed by atoms with E-state index in [1.165, 1.54) is 6.33 Å². The van der Waals surface area contributed by atoms with Crippen molar-refractivity contribution >= 4 is 17.9 Å². The van der Waals surface area contributed by atoms with Gasteiger partial charge in [-0.05, 0) is 46.0 Å². The van der Waals surface area contributed by atoms with Crippen LogP contribution in [-0.2, 0) is 20.9 Å². The number of carbonyl (C=O) groups excluding carboxylic acids is 2. The molecule has 4 rings (SSSR count). The number of hydrogen-bond donors (Lipinski definition) is 1. The number of likely N-dealkylation sites (tertiary alicyclic amines) is 2. The molecule has 3 saturated heterocycles. The van der Waals surface area contributed by atoms with Crippen molar-refractivity contribution in [3.63, 3.8) is 0 Å². The third-order valence-corrected chi connectivity index (χ3v) is 7.77. The van der Waals surface area contributed by atoms with E-state index in [9.17, 15) is 19.5 Å². The summed E-state index contributed by atoms with van der Waals surface area (Å²) in [5.41, 5.74) is -4.54. The summed E-state index contributed by atoms with van der Waals surface area (Å²) in [5, 5.41) is 13.8. The lowest BCUT2D eigenvalue weighted by atomic mass is 9.67. The summed E-state index contributed by atoms with van der Waals surface area (Å²) in [5.74, 6) is -0.245. The van der Waals surface area contributed by atoms with E-state index in [2.05, 4.69) is 10.1 Å². The molecular weight excluding hydrogens is 430 g/mol. The fourth-order valence-corrected chi connectivity index (χ4v) is 6.50. The Morgan fingerprint density at radius 3 is 2.45 bits per heavy atom. The second-order valence-electron chi connectivity index (χ2n) is 10.8. The molecule has 1 spiro atoms. The van der Waals surface area contributed by atoms with Crippen LogP contribution in [0.5, 0.6) is 0 Å². The van der Waals surface area contributed by atoms with Gasteiger partial charge in [0, 0.05) is 6.54 Å². The summed E-state index contributed by atoms with van der Waals surface area (Å²) in [6.07, 6.45) is 0.510. The van der Waals surface area contributed by atoms with Crippen molar-refractivity contribution in [3.05, 3.63) is 12.2 Å². The maximum Gasteiger partial charge on any atom is 0.410 e. The van der Waals surface area contributed by atoms with E-state index in [0.29, 0.717) is 25.3 Å². The predicted octanol–water partition coefficient (Wildman–Crippen LogP) is 2.08. The van der Waals surface area contributed by atoms with Crippen LogP contribution in [0.2, 0.25) is 0 Å². The van der Waals surface area contributed by atoms with E-state index in [0.717, 1.165) is 4.90 Å². The number of rotatable bonds is 3. The summed E-state index contributed by atoms with van der Waals surface area (Å²) in [6, 6.07) is -0.288. The summed E-state index contributed by atoms with van der Waals surface area (Å²) in [4.78, 5) is 48.9. The van der Waals surface area contributed by atoms with Crippen molar-refractivity contribution in [2.45, 2.75) is 96.8 Å². The van der Waals surface area contributed by atoms with E-state index in [1.807, 2.05) is 27.7 Å². The number of aromatic nitrogens is 2. The Morgan fingerprint density at radius 2 is 1.94 bits per heavy atom. The zero-order valence-electron chi connectivity index (χ0n) is 20.3. The molecule has 4 heterocycles. The average Bonchev–Trinajstić information content (AvgIpc) is 3.41. The minimum atomic E-state index is -1.51. The number of hydrogen-bond acceptors (Lipinski definition) is 7. The van der Waals surface area contributed by atoms with Crippen molar-refractivity contribution in [1.82, 2.24) is 24.8 Å². The zero-order valence-corrected chi connectivity index (χ0v) is 20.3. The monoisotopic (exact) mass is 463 g/mol. The molecule has 4 atom stereocenters. The molecule has 3 fully saturated rings. The zero-order chi connectivity index (χ0) is 24.6. The van der Waals surface area contributed by atoms with Gasteiger partial charge in [0.2, 0.25) is 5.89 Å². The first kappa shape index (κ1) is 23.5. The molecule has 1 N–H and O–H groups in total. The fourth-order valence-electron chi connectivity index (χ4n) is 6.50. The van der Waals surface area contributed by atoms with E-state index in [4.69, 9.17) is 9.26 Å². The Labute approximate surface area is 193 Å². The van der Waals surface area contributed by atoms with Crippen molar-refractivity contribution < 1.29 is 28.8 Å². The SMILES string of the molecule is CC1N(Cc2ncno2)C(=O)C12CCCN2C(=O)[C@]1(C(C)(C)C)[C@@H](C)OC(C)(C)N1C(=O)O. The molecular formula is C22H33N5O6. The van der Waals surface area contributed by atoms with E-state index in [1.54, 1.807) is 30.6 Å². The molecule has 3 aliphatic rings. The predicted molar refractivity (Wildman–Crippen MR) is 115 cm³/mol. The molecule has 33 heavy (non-hydrogen) atoms. The first-order valence-electron chi connectivity index (χ1n) is 11.3. The van der Waals surface area contributed by atoms with Crippen LogP contribution in [0.4, 0.5) is 4.79 Å². The third-order valence-electron chi connectivity index (χ3n) is 7.77. The minimum Gasteiger partial charge on any atom is -0.465 e. The Hall–Kier alpha value is -2.69. The highest BCUT2D eigenvalue weighted by Crippen LogP contribution is 2.54. The van der Waals surface area contributed by atoms with Gasteiger partial charge in [0.25, 0.3) is 11.8 Å². The standard InChI is InChI=1S/C22H33N5O6/c1-13-21(16(28)25(13)11-15-23-12-24-33-15)9-8-10-26(21)17(29)22(19(3,4)5)14(2)32-20(6,7)27(22)18(30)31/h12-14H,8-11H2,1-7H3,(H,30,31)/t13?,14-,21?,22+/m1/s1. The third kappa shape index (κ3) is 2.87. The van der Waals surface area contributed by atoms with Gasteiger partial charge in [-0.1, -0.05) is 25.9 Å². The highest BCUT2D eigenvalue weighted by molar-refractivity contribution is 6.01. The fraction of sp³-hybridized carbons (Fsp3) is 0.773. The van der Waals surface area contributed by atoms with Crippen LogP contribution in [0.3, 0.4) is 0 Å². The lowest BCUT2D eigenvalue weighted by Crippen LogP contribution is -2.81. The van der Waals surface area contributed by atoms with Gasteiger partial charge < -0.3 is 24.2 Å². The molecule has 11 nitrogen and oxygen atoms in total. The van der Waals surface area contributed by atoms with Crippen LogP contribution < -0.4 is 0 Å². The van der Waals surface area contributed by atoms with Gasteiger partial charge in [-0.15, -0.1) is 0 Å². The molecule has 0 aliphatic carbocycles. The van der Waals surface area contributed by atoms with E-state index < -0.39 is 34.4 Å². The van der Waals surface area contributed by atoms with Gasteiger partial charge in [-0.25, -0.2) is 4.79 Å². The number of carbonyl (C=O) groups is 3. The largest absolute Gasteiger partial charge is 0.465 e. The van der Waals surface area contributed by atoms with E-state index >= 15 is 0 Å². The van der Waals surface area contributed by atoms with Crippen LogP contribution in [0.25, 0.3) is 0 Å². The Bertz CT molecular complexity index is 972. The van der Waals surface area contributed by atoms with Crippen LogP contribution in [0.1, 0.15) is 67.2 Å². The quantitative estimate of drug-likeness (QED) is 0.675. The summed E-state index contributed by atoms with van der Waals surface area (Å²) in [6.45, 7) is 13.0. The van der Waals surface area contributed by atoms with Crippen LogP contribution in [0.15, 0.2) is 10.9 Å². The van der Waals surface area contributed by atoms with Crippen molar-refractivity contribution in [3.8, 4) is 0 Å². The maximum absolute atomic E-state index is 14.5. The second-order valence-corrected chi connectivity index (χ2v) is 10.8. The first-order chi connectivity index (χ1) is 15.2.